The van der Waals surface area contributed by atoms with Crippen LogP contribution in [0.25, 0.3) is 0 Å². The van der Waals surface area contributed by atoms with E-state index in [-0.39, 0.29) is 15.8 Å². The lowest BCUT2D eigenvalue weighted by molar-refractivity contribution is -0.129. The topological polar surface area (TPSA) is 60.9 Å². The summed E-state index contributed by atoms with van der Waals surface area (Å²) in [7, 11) is -4.09. The Hall–Kier alpha value is -2.62. The second kappa shape index (κ2) is 9.70. The quantitative estimate of drug-likeness (QED) is 0.496. The number of anilines is 2. The first-order valence-corrected chi connectivity index (χ1v) is 13.1. The van der Waals surface area contributed by atoms with E-state index in [9.17, 15) is 17.6 Å². The molecule has 0 N–H and O–H groups in total. The molecule has 2 aromatic carbocycles. The first-order valence-electron chi connectivity index (χ1n) is 10.4. The zero-order valence-electron chi connectivity index (χ0n) is 17.9. The molecule has 33 heavy (non-hydrogen) atoms. The summed E-state index contributed by atoms with van der Waals surface area (Å²) in [6.07, 6.45) is 0. The van der Waals surface area contributed by atoms with Crippen LogP contribution in [0.3, 0.4) is 0 Å². The number of hydrogen-bond donors (Lipinski definition) is 0. The van der Waals surface area contributed by atoms with Crippen molar-refractivity contribution in [2.45, 2.75) is 11.1 Å². The van der Waals surface area contributed by atoms with E-state index in [0.717, 1.165) is 26.9 Å². The highest BCUT2D eigenvalue weighted by Gasteiger charge is 2.32. The maximum atomic E-state index is 14.6. The van der Waals surface area contributed by atoms with Crippen molar-refractivity contribution < 1.29 is 17.6 Å². The van der Waals surface area contributed by atoms with Crippen molar-refractivity contribution >= 4 is 50.2 Å². The SMILES string of the molecule is Cc1ccc(Cl)cc1N1CCN(C(=O)CN(c2ccccc2F)S(=O)(=O)c2cccs2)CC1. The second-order valence-corrected chi connectivity index (χ2v) is 11.2. The number of thiophene rings is 1. The maximum absolute atomic E-state index is 14.6. The molecule has 1 saturated heterocycles. The van der Waals surface area contributed by atoms with Crippen molar-refractivity contribution in [3.05, 3.63) is 76.4 Å². The summed E-state index contributed by atoms with van der Waals surface area (Å²) in [6, 6.07) is 14.3. The fourth-order valence-electron chi connectivity index (χ4n) is 3.82. The van der Waals surface area contributed by atoms with Gasteiger partial charge >= 0.3 is 0 Å². The fourth-order valence-corrected chi connectivity index (χ4v) is 6.51. The fraction of sp³-hybridized carbons (Fsp3) is 0.261. The number of hydrogen-bond acceptors (Lipinski definition) is 5. The number of amides is 1. The van der Waals surface area contributed by atoms with Crippen molar-refractivity contribution in [3.8, 4) is 0 Å². The molecule has 0 bridgehead atoms. The van der Waals surface area contributed by atoms with Gasteiger partial charge in [-0.05, 0) is 48.2 Å². The number of para-hydroxylation sites is 1. The van der Waals surface area contributed by atoms with Crippen LogP contribution in [0.2, 0.25) is 5.02 Å². The van der Waals surface area contributed by atoms with Crippen molar-refractivity contribution in [2.75, 3.05) is 41.9 Å². The van der Waals surface area contributed by atoms with Gasteiger partial charge in [0.15, 0.2) is 0 Å². The highest BCUT2D eigenvalue weighted by molar-refractivity contribution is 7.94. The molecule has 1 amide bonds. The van der Waals surface area contributed by atoms with Gasteiger partial charge in [-0.15, -0.1) is 11.3 Å². The van der Waals surface area contributed by atoms with E-state index in [2.05, 4.69) is 4.90 Å². The molecule has 0 unspecified atom stereocenters. The third-order valence-corrected chi connectivity index (χ3v) is 8.95. The Morgan fingerprint density at radius 3 is 2.48 bits per heavy atom. The Balaban J connectivity index is 1.52. The van der Waals surface area contributed by atoms with E-state index in [1.165, 1.54) is 24.3 Å². The molecule has 10 heteroatoms. The van der Waals surface area contributed by atoms with Gasteiger partial charge in [-0.2, -0.15) is 0 Å². The molecule has 3 aromatic rings. The first-order chi connectivity index (χ1) is 15.8. The summed E-state index contributed by atoms with van der Waals surface area (Å²) < 4.78 is 42.0. The lowest BCUT2D eigenvalue weighted by Gasteiger charge is -2.37. The van der Waals surface area contributed by atoms with E-state index < -0.39 is 22.4 Å². The number of rotatable bonds is 6. The van der Waals surface area contributed by atoms with Crippen LogP contribution in [-0.4, -0.2) is 51.9 Å². The standard InChI is InChI=1S/C23H23ClFN3O3S2/c1-17-8-9-18(24)15-21(17)26-10-12-27(13-11-26)22(29)16-28(20-6-3-2-5-19(20)25)33(30,31)23-7-4-14-32-23/h2-9,14-15H,10-13,16H2,1H3. The number of aryl methyl sites for hydroxylation is 1. The average molecular weight is 508 g/mol. The minimum absolute atomic E-state index is 0.0554. The van der Waals surface area contributed by atoms with Crippen LogP contribution in [0.15, 0.2) is 64.2 Å². The molecule has 0 radical (unpaired) electrons. The summed E-state index contributed by atoms with van der Waals surface area (Å²) in [5.41, 5.74) is 1.96. The van der Waals surface area contributed by atoms with Crippen molar-refractivity contribution in [3.63, 3.8) is 0 Å². The second-order valence-electron chi connectivity index (χ2n) is 7.69. The summed E-state index contributed by atoms with van der Waals surface area (Å²) in [6.45, 7) is 3.56. The van der Waals surface area contributed by atoms with Crippen LogP contribution < -0.4 is 9.21 Å². The maximum Gasteiger partial charge on any atom is 0.274 e. The van der Waals surface area contributed by atoms with Crippen molar-refractivity contribution in [2.24, 2.45) is 0 Å². The minimum atomic E-state index is -4.09. The Morgan fingerprint density at radius 2 is 1.82 bits per heavy atom. The van der Waals surface area contributed by atoms with Gasteiger partial charge in [-0.25, -0.2) is 12.8 Å². The molecule has 0 atom stereocenters. The van der Waals surface area contributed by atoms with Crippen molar-refractivity contribution in [1.29, 1.82) is 0 Å². The molecule has 0 spiro atoms. The van der Waals surface area contributed by atoms with Gasteiger partial charge in [0.1, 0.15) is 16.6 Å². The summed E-state index contributed by atoms with van der Waals surface area (Å²) >= 11 is 7.17. The molecular weight excluding hydrogens is 485 g/mol. The molecule has 6 nitrogen and oxygen atoms in total. The lowest BCUT2D eigenvalue weighted by atomic mass is 10.1. The summed E-state index contributed by atoms with van der Waals surface area (Å²) in [5, 5.41) is 2.28. The molecule has 1 aromatic heterocycles. The van der Waals surface area contributed by atoms with Gasteiger partial charge in [0, 0.05) is 36.9 Å². The van der Waals surface area contributed by atoms with E-state index >= 15 is 0 Å². The first kappa shape index (κ1) is 23.5. The largest absolute Gasteiger partial charge is 0.368 e. The van der Waals surface area contributed by atoms with Gasteiger partial charge in [-0.3, -0.25) is 9.10 Å². The van der Waals surface area contributed by atoms with Crippen molar-refractivity contribution in [1.82, 2.24) is 4.90 Å². The van der Waals surface area contributed by atoms with Crippen LogP contribution in [0.4, 0.5) is 15.8 Å². The normalized spacial score (nSPS) is 14.4. The van der Waals surface area contributed by atoms with Gasteiger partial charge in [0.05, 0.1) is 5.69 Å². The predicted octanol–water partition coefficient (Wildman–Crippen LogP) is 4.39. The summed E-state index contributed by atoms with van der Waals surface area (Å²) in [4.78, 5) is 16.9. The predicted molar refractivity (Wildman–Crippen MR) is 130 cm³/mol. The number of nitrogens with zero attached hydrogens (tertiary/aromatic N) is 3. The third kappa shape index (κ3) is 5.00. The Labute approximate surface area is 201 Å². The van der Waals surface area contributed by atoms with E-state index in [4.69, 9.17) is 11.6 Å². The zero-order chi connectivity index (χ0) is 23.6. The molecule has 0 saturated carbocycles. The summed E-state index contributed by atoms with van der Waals surface area (Å²) in [5.74, 6) is -1.08. The number of carbonyl (C=O) groups excluding carboxylic acids is 1. The number of benzene rings is 2. The van der Waals surface area contributed by atoms with Gasteiger partial charge < -0.3 is 9.80 Å². The lowest BCUT2D eigenvalue weighted by Crippen LogP contribution is -2.52. The van der Waals surface area contributed by atoms with Crippen LogP contribution in [0, 0.1) is 12.7 Å². The van der Waals surface area contributed by atoms with Gasteiger partial charge in [-0.1, -0.05) is 35.9 Å². The molecule has 2 heterocycles. The van der Waals surface area contributed by atoms with Crippen LogP contribution in [0.5, 0.6) is 0 Å². The molecule has 1 aliphatic heterocycles. The Morgan fingerprint density at radius 1 is 1.09 bits per heavy atom. The Kier molecular flexibility index (Phi) is 6.92. The van der Waals surface area contributed by atoms with Crippen LogP contribution in [0.1, 0.15) is 5.56 Å². The van der Waals surface area contributed by atoms with Crippen LogP contribution >= 0.6 is 22.9 Å². The van der Waals surface area contributed by atoms with E-state index in [0.29, 0.717) is 31.2 Å². The van der Waals surface area contributed by atoms with Crippen LogP contribution in [-0.2, 0) is 14.8 Å². The molecule has 1 fully saturated rings. The minimum Gasteiger partial charge on any atom is -0.368 e. The number of carbonyl (C=O) groups is 1. The zero-order valence-corrected chi connectivity index (χ0v) is 20.3. The van der Waals surface area contributed by atoms with E-state index in [1.807, 2.05) is 25.1 Å². The third-order valence-electron chi connectivity index (χ3n) is 5.58. The highest BCUT2D eigenvalue weighted by atomic mass is 35.5. The number of sulfonamides is 1. The molecule has 174 valence electrons. The number of piperazine rings is 1. The molecule has 1 aliphatic rings. The molecule has 4 rings (SSSR count). The highest BCUT2D eigenvalue weighted by Crippen LogP contribution is 2.29. The number of halogens is 2. The molecule has 0 aliphatic carbocycles. The van der Waals surface area contributed by atoms with Gasteiger partial charge in [0.25, 0.3) is 10.0 Å². The molecular formula is C23H23ClFN3O3S2. The smallest absolute Gasteiger partial charge is 0.274 e. The van der Waals surface area contributed by atoms with E-state index in [1.54, 1.807) is 22.4 Å². The average Bonchev–Trinajstić information content (AvgIpc) is 3.36. The Bertz CT molecular complexity index is 1240. The van der Waals surface area contributed by atoms with Gasteiger partial charge in [0.2, 0.25) is 5.91 Å². The monoisotopic (exact) mass is 507 g/mol.